The van der Waals surface area contributed by atoms with Crippen LogP contribution in [0.3, 0.4) is 0 Å². The van der Waals surface area contributed by atoms with Crippen LogP contribution in [0, 0.1) is 23.7 Å². The number of esters is 2. The molecule has 0 N–H and O–H groups in total. The molecule has 0 spiro atoms. The molecule has 0 aliphatic rings. The number of ether oxygens (including phenoxy) is 2. The highest BCUT2D eigenvalue weighted by molar-refractivity contribution is 5.89. The van der Waals surface area contributed by atoms with Gasteiger partial charge in [-0.05, 0) is 73.9 Å². The Morgan fingerprint density at radius 1 is 0.828 bits per heavy atom. The molecule has 2 aromatic carbocycles. The summed E-state index contributed by atoms with van der Waals surface area (Å²) in [5.41, 5.74) is 2.88. The van der Waals surface area contributed by atoms with Crippen LogP contribution in [0.25, 0.3) is 11.1 Å². The molecule has 2 rings (SSSR count). The lowest BCUT2D eigenvalue weighted by Crippen LogP contribution is -2.09. The molecule has 29 heavy (non-hydrogen) atoms. The Morgan fingerprint density at radius 3 is 2.00 bits per heavy atom. The van der Waals surface area contributed by atoms with Crippen molar-refractivity contribution >= 4 is 11.9 Å². The SMILES string of the molecule is C=C(C)C(=O)Oc1ccc(-c2ccc(OC(=O)C(=C)C)c(C#CC#CC)c2)cc1. The zero-order chi connectivity index (χ0) is 21.4. The molecule has 0 unspecified atom stereocenters. The number of hydrogen-bond acceptors (Lipinski definition) is 4. The predicted molar refractivity (Wildman–Crippen MR) is 113 cm³/mol. The van der Waals surface area contributed by atoms with Crippen LogP contribution in [0.1, 0.15) is 26.3 Å². The van der Waals surface area contributed by atoms with Crippen LogP contribution in [-0.4, -0.2) is 11.9 Å². The van der Waals surface area contributed by atoms with Crippen LogP contribution in [0.5, 0.6) is 11.5 Å². The number of hydrogen-bond donors (Lipinski definition) is 0. The Labute approximate surface area is 170 Å². The van der Waals surface area contributed by atoms with E-state index in [-0.39, 0.29) is 0 Å². The zero-order valence-corrected chi connectivity index (χ0v) is 16.6. The molecular formula is C25H20O4. The third-order valence-corrected chi connectivity index (χ3v) is 3.66. The first-order valence-electron chi connectivity index (χ1n) is 8.74. The summed E-state index contributed by atoms with van der Waals surface area (Å²) in [5, 5.41) is 0. The number of carbonyl (C=O) groups is 2. The molecule has 0 aliphatic heterocycles. The number of carbonyl (C=O) groups excluding carboxylic acids is 2. The van der Waals surface area contributed by atoms with Gasteiger partial charge in [0, 0.05) is 11.1 Å². The molecule has 0 radical (unpaired) electrons. The van der Waals surface area contributed by atoms with Gasteiger partial charge in [-0.1, -0.05) is 37.3 Å². The summed E-state index contributed by atoms with van der Waals surface area (Å²) in [5.74, 6) is 10.8. The van der Waals surface area contributed by atoms with E-state index in [4.69, 9.17) is 9.47 Å². The molecule has 0 atom stereocenters. The first kappa shape index (κ1) is 21.3. The molecule has 0 aliphatic carbocycles. The maximum Gasteiger partial charge on any atom is 0.338 e. The van der Waals surface area contributed by atoms with Gasteiger partial charge in [-0.2, -0.15) is 0 Å². The van der Waals surface area contributed by atoms with E-state index in [2.05, 4.69) is 36.8 Å². The minimum absolute atomic E-state index is 0.293. The van der Waals surface area contributed by atoms with E-state index in [1.165, 1.54) is 0 Å². The summed E-state index contributed by atoms with van der Waals surface area (Å²) in [6.45, 7) is 12.0. The molecular weight excluding hydrogens is 364 g/mol. The Morgan fingerprint density at radius 2 is 1.41 bits per heavy atom. The molecule has 0 saturated heterocycles. The van der Waals surface area contributed by atoms with E-state index >= 15 is 0 Å². The average Bonchev–Trinajstić information content (AvgIpc) is 2.69. The third kappa shape index (κ3) is 5.99. The lowest BCUT2D eigenvalue weighted by atomic mass is 10.0. The van der Waals surface area contributed by atoms with Crippen molar-refractivity contribution in [3.8, 4) is 46.3 Å². The second kappa shape index (κ2) is 9.78. The van der Waals surface area contributed by atoms with Crippen molar-refractivity contribution in [2.75, 3.05) is 0 Å². The van der Waals surface area contributed by atoms with Gasteiger partial charge < -0.3 is 9.47 Å². The van der Waals surface area contributed by atoms with Crippen molar-refractivity contribution in [2.45, 2.75) is 20.8 Å². The first-order valence-corrected chi connectivity index (χ1v) is 8.74. The van der Waals surface area contributed by atoms with Crippen molar-refractivity contribution in [3.63, 3.8) is 0 Å². The van der Waals surface area contributed by atoms with Crippen molar-refractivity contribution < 1.29 is 19.1 Å². The summed E-state index contributed by atoms with van der Waals surface area (Å²) in [6.07, 6.45) is 0. The van der Waals surface area contributed by atoms with Gasteiger partial charge in [-0.25, -0.2) is 9.59 Å². The van der Waals surface area contributed by atoms with Crippen LogP contribution in [0.15, 0.2) is 66.8 Å². The van der Waals surface area contributed by atoms with Crippen molar-refractivity contribution in [3.05, 3.63) is 72.3 Å². The monoisotopic (exact) mass is 384 g/mol. The van der Waals surface area contributed by atoms with Crippen LogP contribution in [-0.2, 0) is 9.59 Å². The zero-order valence-electron chi connectivity index (χ0n) is 16.6. The lowest BCUT2D eigenvalue weighted by molar-refractivity contribution is -0.130. The number of rotatable bonds is 5. The van der Waals surface area contributed by atoms with Gasteiger partial charge in [0.15, 0.2) is 0 Å². The largest absolute Gasteiger partial charge is 0.423 e. The minimum atomic E-state index is -0.522. The van der Waals surface area contributed by atoms with Gasteiger partial charge >= 0.3 is 11.9 Å². The van der Waals surface area contributed by atoms with E-state index in [0.29, 0.717) is 28.2 Å². The molecule has 2 aromatic rings. The topological polar surface area (TPSA) is 52.6 Å². The van der Waals surface area contributed by atoms with Crippen LogP contribution in [0.2, 0.25) is 0 Å². The normalized spacial score (nSPS) is 9.21. The predicted octanol–water partition coefficient (Wildman–Crippen LogP) is 4.69. The maximum atomic E-state index is 11.9. The highest BCUT2D eigenvalue weighted by atomic mass is 16.5. The number of benzene rings is 2. The fraction of sp³-hybridized carbons (Fsp3) is 0.120. The molecule has 0 fully saturated rings. The maximum absolute atomic E-state index is 11.9. The minimum Gasteiger partial charge on any atom is -0.423 e. The first-order chi connectivity index (χ1) is 13.8. The quantitative estimate of drug-likeness (QED) is 0.325. The Hall–Kier alpha value is -4.02. The summed E-state index contributed by atoms with van der Waals surface area (Å²) in [6, 6.07) is 12.3. The van der Waals surface area contributed by atoms with Crippen molar-refractivity contribution in [1.82, 2.24) is 0 Å². The van der Waals surface area contributed by atoms with Gasteiger partial charge in [0.05, 0.1) is 5.56 Å². The summed E-state index contributed by atoms with van der Waals surface area (Å²) in [4.78, 5) is 23.5. The van der Waals surface area contributed by atoms with Gasteiger partial charge in [-0.3, -0.25) is 0 Å². The molecule has 144 valence electrons. The summed E-state index contributed by atoms with van der Waals surface area (Å²) in [7, 11) is 0. The highest BCUT2D eigenvalue weighted by Gasteiger charge is 2.11. The highest BCUT2D eigenvalue weighted by Crippen LogP contribution is 2.28. The van der Waals surface area contributed by atoms with Crippen LogP contribution >= 0.6 is 0 Å². The van der Waals surface area contributed by atoms with Gasteiger partial charge in [-0.15, -0.1) is 0 Å². The second-order valence-electron chi connectivity index (χ2n) is 6.20. The Kier molecular flexibility index (Phi) is 7.18. The Balaban J connectivity index is 2.36. The summed E-state index contributed by atoms with van der Waals surface area (Å²) < 4.78 is 10.6. The smallest absolute Gasteiger partial charge is 0.338 e. The Bertz CT molecular complexity index is 1100. The van der Waals surface area contributed by atoms with Gasteiger partial charge in [0.1, 0.15) is 11.5 Å². The van der Waals surface area contributed by atoms with E-state index < -0.39 is 11.9 Å². The molecule has 0 bridgehead atoms. The van der Waals surface area contributed by atoms with Crippen molar-refractivity contribution in [1.29, 1.82) is 0 Å². The standard InChI is InChI=1S/C25H20O4/c1-6-7-8-9-21-16-20(12-15-23(21)29-25(27)18(4)5)19-10-13-22(14-11-19)28-24(26)17(2)3/h10-16H,2,4H2,1,3,5H3. The molecule has 0 saturated carbocycles. The van der Waals surface area contributed by atoms with Gasteiger partial charge in [0.2, 0.25) is 0 Å². The molecule has 4 heteroatoms. The third-order valence-electron chi connectivity index (χ3n) is 3.66. The van der Waals surface area contributed by atoms with Crippen molar-refractivity contribution in [2.24, 2.45) is 0 Å². The molecule has 0 amide bonds. The fourth-order valence-corrected chi connectivity index (χ4v) is 2.15. The molecule has 0 heterocycles. The molecule has 0 aromatic heterocycles. The fourth-order valence-electron chi connectivity index (χ4n) is 2.15. The van der Waals surface area contributed by atoms with E-state index in [0.717, 1.165) is 11.1 Å². The van der Waals surface area contributed by atoms with Gasteiger partial charge in [0.25, 0.3) is 0 Å². The van der Waals surface area contributed by atoms with Crippen LogP contribution < -0.4 is 9.47 Å². The molecule has 4 nitrogen and oxygen atoms in total. The van der Waals surface area contributed by atoms with E-state index in [1.807, 2.05) is 18.2 Å². The van der Waals surface area contributed by atoms with Crippen LogP contribution in [0.4, 0.5) is 0 Å². The lowest BCUT2D eigenvalue weighted by Gasteiger charge is -2.10. The van der Waals surface area contributed by atoms with E-state index in [1.54, 1.807) is 45.0 Å². The summed E-state index contributed by atoms with van der Waals surface area (Å²) >= 11 is 0. The average molecular weight is 384 g/mol. The second-order valence-corrected chi connectivity index (χ2v) is 6.20. The van der Waals surface area contributed by atoms with E-state index in [9.17, 15) is 9.59 Å².